The molecule has 6 heteroatoms. The van der Waals surface area contributed by atoms with Crippen LogP contribution in [0.2, 0.25) is 0 Å². The molecule has 2 unspecified atom stereocenters. The van der Waals surface area contributed by atoms with E-state index in [4.69, 9.17) is 0 Å². The summed E-state index contributed by atoms with van der Waals surface area (Å²) in [6, 6.07) is 10.5. The number of amides is 1. The monoisotopic (exact) mass is 340 g/mol. The van der Waals surface area contributed by atoms with Crippen LogP contribution in [0.5, 0.6) is 0 Å². The molecule has 1 amide bonds. The number of nitrogens with zero attached hydrogens (tertiary/aromatic N) is 4. The number of carbonyl (C=O) groups is 1. The molecule has 2 atom stereocenters. The van der Waals surface area contributed by atoms with Gasteiger partial charge in [-0.25, -0.2) is 9.97 Å². The number of fused-ring (bicyclic) bond motifs is 2. The molecule has 4 heterocycles. The molecular weight excluding hydrogens is 320 g/mol. The molecule has 5 nitrogen and oxygen atoms in total. The van der Waals surface area contributed by atoms with Crippen molar-refractivity contribution in [3.05, 3.63) is 47.9 Å². The molecule has 0 aliphatic carbocycles. The average Bonchev–Trinajstić information content (AvgIpc) is 2.62. The number of rotatable bonds is 3. The van der Waals surface area contributed by atoms with Crippen LogP contribution in [0.4, 0.5) is 5.82 Å². The Labute approximate surface area is 146 Å². The van der Waals surface area contributed by atoms with Crippen molar-refractivity contribution in [1.29, 1.82) is 0 Å². The Morgan fingerprint density at radius 3 is 2.50 bits per heavy atom. The fourth-order valence-electron chi connectivity index (χ4n) is 3.62. The number of anilines is 1. The second kappa shape index (κ2) is 6.09. The van der Waals surface area contributed by atoms with Gasteiger partial charge in [-0.3, -0.25) is 4.79 Å². The van der Waals surface area contributed by atoms with Crippen molar-refractivity contribution in [3.8, 4) is 0 Å². The maximum absolute atomic E-state index is 12.8. The molecule has 3 aliphatic rings. The predicted octanol–water partition coefficient (Wildman–Crippen LogP) is 2.61. The van der Waals surface area contributed by atoms with E-state index >= 15 is 0 Å². The minimum atomic E-state index is 0.155. The fraction of sp³-hybridized carbons (Fsp3) is 0.389. The summed E-state index contributed by atoms with van der Waals surface area (Å²) in [5.41, 5.74) is 1.76. The molecule has 3 aliphatic heterocycles. The van der Waals surface area contributed by atoms with Crippen LogP contribution in [-0.4, -0.2) is 52.2 Å². The maximum atomic E-state index is 12.8. The molecule has 124 valence electrons. The van der Waals surface area contributed by atoms with E-state index in [9.17, 15) is 4.79 Å². The maximum Gasteiger partial charge on any atom is 0.254 e. The molecule has 1 aromatic carbocycles. The van der Waals surface area contributed by atoms with Gasteiger partial charge in [-0.05, 0) is 43.9 Å². The van der Waals surface area contributed by atoms with Crippen LogP contribution in [-0.2, 0) is 0 Å². The van der Waals surface area contributed by atoms with Gasteiger partial charge < -0.3 is 9.80 Å². The van der Waals surface area contributed by atoms with Crippen molar-refractivity contribution in [3.63, 3.8) is 0 Å². The largest absolute Gasteiger partial charge is 0.352 e. The summed E-state index contributed by atoms with van der Waals surface area (Å²) in [6.07, 6.45) is 4.75. The zero-order valence-electron chi connectivity index (χ0n) is 13.8. The van der Waals surface area contributed by atoms with Gasteiger partial charge in [0, 0.05) is 35.3 Å². The van der Waals surface area contributed by atoms with E-state index in [1.165, 1.54) is 4.90 Å². The van der Waals surface area contributed by atoms with Gasteiger partial charge in [0.2, 0.25) is 0 Å². The molecule has 0 N–H and O–H groups in total. The van der Waals surface area contributed by atoms with Gasteiger partial charge in [0.1, 0.15) is 12.1 Å². The number of aromatic nitrogens is 2. The molecule has 0 radical (unpaired) electrons. The highest BCUT2D eigenvalue weighted by Gasteiger charge is 2.47. The van der Waals surface area contributed by atoms with Gasteiger partial charge in [-0.1, -0.05) is 0 Å². The number of carbonyl (C=O) groups excluding carboxylic acids is 1. The van der Waals surface area contributed by atoms with E-state index in [1.54, 1.807) is 18.1 Å². The number of piperidine rings is 1. The minimum absolute atomic E-state index is 0.155. The van der Waals surface area contributed by atoms with Crippen molar-refractivity contribution in [2.45, 2.75) is 30.3 Å². The van der Waals surface area contributed by atoms with Gasteiger partial charge >= 0.3 is 0 Å². The molecule has 2 aromatic rings. The number of piperazine rings is 1. The van der Waals surface area contributed by atoms with Crippen molar-refractivity contribution in [2.75, 3.05) is 24.2 Å². The van der Waals surface area contributed by atoms with Crippen molar-refractivity contribution in [2.24, 2.45) is 0 Å². The lowest BCUT2D eigenvalue weighted by atomic mass is 9.86. The Morgan fingerprint density at radius 2 is 1.88 bits per heavy atom. The SMILES string of the molecule is CSc1ccc(C(=O)N2C3CC2CN(c2cc(C)ncn2)C3)cc1. The first-order valence-corrected chi connectivity index (χ1v) is 9.38. The summed E-state index contributed by atoms with van der Waals surface area (Å²) in [5.74, 6) is 1.12. The zero-order chi connectivity index (χ0) is 16.7. The number of hydrogen-bond acceptors (Lipinski definition) is 5. The quantitative estimate of drug-likeness (QED) is 0.804. The third-order valence-electron chi connectivity index (χ3n) is 4.88. The second-order valence-electron chi connectivity index (χ2n) is 6.41. The number of aryl methyl sites for hydroxylation is 1. The lowest BCUT2D eigenvalue weighted by molar-refractivity contribution is 0.00575. The van der Waals surface area contributed by atoms with E-state index in [1.807, 2.05) is 43.5 Å². The van der Waals surface area contributed by atoms with Gasteiger partial charge in [-0.2, -0.15) is 0 Å². The van der Waals surface area contributed by atoms with Crippen LogP contribution in [0.15, 0.2) is 41.6 Å². The highest BCUT2D eigenvalue weighted by Crippen LogP contribution is 2.35. The Kier molecular flexibility index (Phi) is 3.92. The molecule has 24 heavy (non-hydrogen) atoms. The molecule has 3 saturated heterocycles. The van der Waals surface area contributed by atoms with Crippen LogP contribution < -0.4 is 4.90 Å². The minimum Gasteiger partial charge on any atom is -0.352 e. The summed E-state index contributed by atoms with van der Waals surface area (Å²) >= 11 is 1.69. The lowest BCUT2D eigenvalue weighted by Crippen LogP contribution is -2.70. The first kappa shape index (κ1) is 15.4. The second-order valence-corrected chi connectivity index (χ2v) is 7.29. The summed E-state index contributed by atoms with van der Waals surface area (Å²) in [6.45, 7) is 3.67. The van der Waals surface area contributed by atoms with Gasteiger partial charge in [0.05, 0.1) is 12.1 Å². The standard InChI is InChI=1S/C18H20N4OS/c1-12-7-17(20-11-19-12)21-9-14-8-15(10-21)22(14)18(23)13-3-5-16(24-2)6-4-13/h3-7,11,14-15H,8-10H2,1-2H3. The first-order chi connectivity index (χ1) is 11.7. The van der Waals surface area contributed by atoms with Crippen LogP contribution in [0, 0.1) is 6.92 Å². The predicted molar refractivity (Wildman–Crippen MR) is 95.6 cm³/mol. The van der Waals surface area contributed by atoms with Crippen LogP contribution in [0.25, 0.3) is 0 Å². The van der Waals surface area contributed by atoms with E-state index < -0.39 is 0 Å². The fourth-order valence-corrected chi connectivity index (χ4v) is 4.03. The Balaban J connectivity index is 1.47. The van der Waals surface area contributed by atoms with Crippen molar-refractivity contribution in [1.82, 2.24) is 14.9 Å². The Hall–Kier alpha value is -2.08. The molecule has 2 bridgehead atoms. The molecule has 1 aromatic heterocycles. The smallest absolute Gasteiger partial charge is 0.254 e. The highest BCUT2D eigenvalue weighted by atomic mass is 32.2. The molecule has 0 saturated carbocycles. The Bertz CT molecular complexity index is 752. The van der Waals surface area contributed by atoms with E-state index in [0.29, 0.717) is 0 Å². The average molecular weight is 340 g/mol. The lowest BCUT2D eigenvalue weighted by Gasteiger charge is -2.56. The van der Waals surface area contributed by atoms with E-state index in [2.05, 4.69) is 19.8 Å². The molecular formula is C18H20N4OS. The molecule has 3 fully saturated rings. The highest BCUT2D eigenvalue weighted by molar-refractivity contribution is 7.98. The van der Waals surface area contributed by atoms with Crippen LogP contribution in [0.3, 0.4) is 0 Å². The summed E-state index contributed by atoms with van der Waals surface area (Å²) < 4.78 is 0. The molecule has 0 spiro atoms. The molecule has 5 rings (SSSR count). The number of thioether (sulfide) groups is 1. The van der Waals surface area contributed by atoms with Gasteiger partial charge in [0.15, 0.2) is 0 Å². The van der Waals surface area contributed by atoms with Crippen LogP contribution in [0.1, 0.15) is 22.5 Å². The third kappa shape index (κ3) is 2.65. The zero-order valence-corrected chi connectivity index (χ0v) is 14.7. The van der Waals surface area contributed by atoms with Crippen molar-refractivity contribution >= 4 is 23.5 Å². The first-order valence-electron chi connectivity index (χ1n) is 8.16. The number of benzene rings is 1. The summed E-state index contributed by atoms with van der Waals surface area (Å²) in [4.78, 5) is 26.9. The third-order valence-corrected chi connectivity index (χ3v) is 5.62. The van der Waals surface area contributed by atoms with Gasteiger partial charge in [0.25, 0.3) is 5.91 Å². The van der Waals surface area contributed by atoms with Crippen molar-refractivity contribution < 1.29 is 4.79 Å². The topological polar surface area (TPSA) is 49.3 Å². The van der Waals surface area contributed by atoms with E-state index in [-0.39, 0.29) is 18.0 Å². The van der Waals surface area contributed by atoms with E-state index in [0.717, 1.165) is 36.6 Å². The summed E-state index contributed by atoms with van der Waals surface area (Å²) in [7, 11) is 0. The van der Waals surface area contributed by atoms with Crippen LogP contribution >= 0.6 is 11.8 Å². The summed E-state index contributed by atoms with van der Waals surface area (Å²) in [5, 5.41) is 0. The Morgan fingerprint density at radius 1 is 1.17 bits per heavy atom. The van der Waals surface area contributed by atoms with Gasteiger partial charge in [-0.15, -0.1) is 11.8 Å². The number of hydrogen-bond donors (Lipinski definition) is 0. The normalized spacial score (nSPS) is 22.2.